The van der Waals surface area contributed by atoms with Gasteiger partial charge in [-0.2, -0.15) is 26.3 Å². The highest BCUT2D eigenvalue weighted by Crippen LogP contribution is 2.37. The molecule has 40 heavy (non-hydrogen) atoms. The molecule has 210 valence electrons. The van der Waals surface area contributed by atoms with E-state index in [1.54, 1.807) is 6.20 Å². The Morgan fingerprint density at radius 3 is 2.17 bits per heavy atom. The number of pyridine rings is 1. The fourth-order valence-corrected chi connectivity index (χ4v) is 5.50. The van der Waals surface area contributed by atoms with Gasteiger partial charge in [0.05, 0.1) is 16.6 Å². The van der Waals surface area contributed by atoms with Gasteiger partial charge < -0.3 is 5.32 Å². The highest BCUT2D eigenvalue weighted by Gasteiger charge is 2.37. The van der Waals surface area contributed by atoms with E-state index in [-0.39, 0.29) is 30.3 Å². The van der Waals surface area contributed by atoms with Gasteiger partial charge in [0.1, 0.15) is 0 Å². The molecule has 3 nitrogen and oxygen atoms in total. The molecule has 4 aromatic rings. The number of para-hydroxylation sites is 1. The second-order valence-electron chi connectivity index (χ2n) is 10.3. The molecule has 0 amide bonds. The molecule has 0 bridgehead atoms. The van der Waals surface area contributed by atoms with Crippen molar-refractivity contribution in [3.05, 3.63) is 113 Å². The summed E-state index contributed by atoms with van der Waals surface area (Å²) in [6.07, 6.45) is -5.88. The number of nitrogens with one attached hydrogen (secondary N) is 1. The van der Waals surface area contributed by atoms with Gasteiger partial charge >= 0.3 is 12.4 Å². The fraction of sp³-hybridized carbons (Fsp3) is 0.323. The third-order valence-electron chi connectivity index (χ3n) is 7.51. The van der Waals surface area contributed by atoms with Gasteiger partial charge in [-0.3, -0.25) is 9.88 Å². The van der Waals surface area contributed by atoms with Gasteiger partial charge in [0.15, 0.2) is 0 Å². The highest BCUT2D eigenvalue weighted by molar-refractivity contribution is 5.81. The Kier molecular flexibility index (Phi) is 8.14. The van der Waals surface area contributed by atoms with Crippen LogP contribution in [0.3, 0.4) is 0 Å². The van der Waals surface area contributed by atoms with Crippen LogP contribution in [-0.2, 0) is 31.9 Å². The summed E-state index contributed by atoms with van der Waals surface area (Å²) < 4.78 is 80.8. The van der Waals surface area contributed by atoms with Crippen molar-refractivity contribution >= 4 is 10.9 Å². The number of aromatic nitrogens is 1. The molecule has 1 aromatic heterocycles. The molecule has 5 rings (SSSR count). The molecule has 0 radical (unpaired) electrons. The van der Waals surface area contributed by atoms with Crippen LogP contribution < -0.4 is 5.32 Å². The van der Waals surface area contributed by atoms with Crippen LogP contribution >= 0.6 is 0 Å². The molecule has 0 aliphatic carbocycles. The summed E-state index contributed by atoms with van der Waals surface area (Å²) in [5.74, 6) is 0. The second-order valence-corrected chi connectivity index (χ2v) is 10.3. The number of halogens is 6. The molecule has 1 N–H and O–H groups in total. The van der Waals surface area contributed by atoms with Gasteiger partial charge in [-0.15, -0.1) is 0 Å². The molecule has 2 heterocycles. The van der Waals surface area contributed by atoms with Crippen LogP contribution in [0.15, 0.2) is 85.1 Å². The van der Waals surface area contributed by atoms with Crippen molar-refractivity contribution in [3.8, 4) is 0 Å². The van der Waals surface area contributed by atoms with Gasteiger partial charge in [-0.1, -0.05) is 48.5 Å². The lowest BCUT2D eigenvalue weighted by molar-refractivity contribution is -0.143. The van der Waals surface area contributed by atoms with E-state index in [1.165, 1.54) is 0 Å². The van der Waals surface area contributed by atoms with Crippen molar-refractivity contribution in [1.82, 2.24) is 15.2 Å². The summed E-state index contributed by atoms with van der Waals surface area (Å²) in [5, 5.41) is 4.71. The van der Waals surface area contributed by atoms with E-state index >= 15 is 0 Å². The lowest BCUT2D eigenvalue weighted by atomic mass is 9.91. The van der Waals surface area contributed by atoms with E-state index in [2.05, 4.69) is 10.3 Å². The maximum absolute atomic E-state index is 13.5. The Labute approximate surface area is 228 Å². The molecule has 0 unspecified atom stereocenters. The van der Waals surface area contributed by atoms with Gasteiger partial charge in [0, 0.05) is 43.3 Å². The number of hydrogen-bond acceptors (Lipinski definition) is 3. The minimum Gasteiger partial charge on any atom is -0.310 e. The van der Waals surface area contributed by atoms with Crippen LogP contribution in [0, 0.1) is 0 Å². The molecule has 1 saturated heterocycles. The zero-order valence-corrected chi connectivity index (χ0v) is 21.6. The predicted octanol–water partition coefficient (Wildman–Crippen LogP) is 7.64. The van der Waals surface area contributed by atoms with Crippen LogP contribution in [0.25, 0.3) is 10.9 Å². The van der Waals surface area contributed by atoms with Crippen LogP contribution in [-0.4, -0.2) is 28.5 Å². The standard InChI is InChI=1S/C31H29F6N3/c32-30(33,34)24-14-22(15-25(17-24)31(35,36)37)20-40-13-11-26(18-27(40)16-21-6-2-1-3-7-21)39-19-23-10-12-38-29-9-5-4-8-28(23)29/h1-10,12,14-15,17,26-27,39H,11,13,16,18-20H2/t26-,27+/m0/s1. The third kappa shape index (κ3) is 6.82. The molecule has 2 atom stereocenters. The molecule has 1 aliphatic rings. The summed E-state index contributed by atoms with van der Waals surface area (Å²) in [5.41, 5.74) is 0.554. The zero-order chi connectivity index (χ0) is 28.3. The van der Waals surface area contributed by atoms with Crippen LogP contribution in [0.1, 0.15) is 40.7 Å². The first-order valence-electron chi connectivity index (χ1n) is 13.2. The van der Waals surface area contributed by atoms with Gasteiger partial charge in [0.25, 0.3) is 0 Å². The lowest BCUT2D eigenvalue weighted by Gasteiger charge is -2.40. The number of likely N-dealkylation sites (tertiary alicyclic amines) is 1. The number of rotatable bonds is 7. The first-order valence-corrected chi connectivity index (χ1v) is 13.2. The van der Waals surface area contributed by atoms with E-state index in [0.717, 1.165) is 40.6 Å². The lowest BCUT2D eigenvalue weighted by Crippen LogP contribution is -2.49. The van der Waals surface area contributed by atoms with Crippen LogP contribution in [0.5, 0.6) is 0 Å². The zero-order valence-electron chi connectivity index (χ0n) is 21.6. The molecule has 1 aliphatic heterocycles. The Morgan fingerprint density at radius 2 is 1.48 bits per heavy atom. The van der Waals surface area contributed by atoms with Crippen LogP contribution in [0.2, 0.25) is 0 Å². The van der Waals surface area contributed by atoms with Gasteiger partial charge in [-0.25, -0.2) is 0 Å². The number of benzene rings is 3. The predicted molar refractivity (Wildman–Crippen MR) is 142 cm³/mol. The quantitative estimate of drug-likeness (QED) is 0.237. The SMILES string of the molecule is FC(F)(F)c1cc(CN2CC[C@H](NCc3ccnc4ccccc34)C[C@H]2Cc2ccccc2)cc(C(F)(F)F)c1. The smallest absolute Gasteiger partial charge is 0.310 e. The maximum atomic E-state index is 13.5. The first kappa shape index (κ1) is 28.1. The molecule has 0 spiro atoms. The van der Waals surface area contributed by atoms with E-state index < -0.39 is 23.5 Å². The second kappa shape index (κ2) is 11.6. The Hall–Kier alpha value is -3.43. The minimum atomic E-state index is -4.87. The third-order valence-corrected chi connectivity index (χ3v) is 7.51. The highest BCUT2D eigenvalue weighted by atomic mass is 19.4. The van der Waals surface area contributed by atoms with Crippen molar-refractivity contribution in [2.45, 2.75) is 56.8 Å². The van der Waals surface area contributed by atoms with Crippen LogP contribution in [0.4, 0.5) is 26.3 Å². The number of piperidine rings is 1. The number of alkyl halides is 6. The van der Waals surface area contributed by atoms with Gasteiger partial charge in [0.2, 0.25) is 0 Å². The Balaban J connectivity index is 1.36. The van der Waals surface area contributed by atoms with Crippen molar-refractivity contribution in [3.63, 3.8) is 0 Å². The maximum Gasteiger partial charge on any atom is 0.416 e. The summed E-state index contributed by atoms with van der Waals surface area (Å²) in [6.45, 7) is 1.18. The molecule has 0 saturated carbocycles. The first-order chi connectivity index (χ1) is 19.1. The molecule has 1 fully saturated rings. The van der Waals surface area contributed by atoms with E-state index in [1.807, 2.05) is 65.6 Å². The summed E-state index contributed by atoms with van der Waals surface area (Å²) >= 11 is 0. The largest absolute Gasteiger partial charge is 0.416 e. The van der Waals surface area contributed by atoms with E-state index in [0.29, 0.717) is 25.9 Å². The number of nitrogens with zero attached hydrogens (tertiary/aromatic N) is 2. The Morgan fingerprint density at radius 1 is 0.800 bits per heavy atom. The summed E-state index contributed by atoms with van der Waals surface area (Å²) in [4.78, 5) is 6.43. The molecule has 3 aromatic carbocycles. The number of hydrogen-bond donors (Lipinski definition) is 1. The number of fused-ring (bicyclic) bond motifs is 1. The van der Waals surface area contributed by atoms with Crippen molar-refractivity contribution in [2.24, 2.45) is 0 Å². The molecule has 9 heteroatoms. The molecular formula is C31H29F6N3. The van der Waals surface area contributed by atoms with Crippen molar-refractivity contribution < 1.29 is 26.3 Å². The minimum absolute atomic E-state index is 0.00616. The topological polar surface area (TPSA) is 28.2 Å². The van der Waals surface area contributed by atoms with Gasteiger partial charge in [-0.05, 0) is 66.3 Å². The fourth-order valence-electron chi connectivity index (χ4n) is 5.50. The average Bonchev–Trinajstić information content (AvgIpc) is 2.92. The monoisotopic (exact) mass is 557 g/mol. The summed E-state index contributed by atoms with van der Waals surface area (Å²) in [7, 11) is 0. The Bertz CT molecular complexity index is 1400. The van der Waals surface area contributed by atoms with E-state index in [4.69, 9.17) is 0 Å². The molecular weight excluding hydrogens is 528 g/mol. The van der Waals surface area contributed by atoms with Crippen molar-refractivity contribution in [1.29, 1.82) is 0 Å². The van der Waals surface area contributed by atoms with E-state index in [9.17, 15) is 26.3 Å². The normalized spacial score (nSPS) is 18.8. The average molecular weight is 558 g/mol. The summed E-state index contributed by atoms with van der Waals surface area (Å²) in [6, 6.07) is 21.6. The van der Waals surface area contributed by atoms with Crippen molar-refractivity contribution in [2.75, 3.05) is 6.54 Å².